The molecule has 5 nitrogen and oxygen atoms in total. The van der Waals surface area contributed by atoms with E-state index in [9.17, 15) is 4.79 Å². The van der Waals surface area contributed by atoms with Crippen molar-refractivity contribution in [1.82, 2.24) is 4.98 Å². The van der Waals surface area contributed by atoms with Crippen LogP contribution in [0.2, 0.25) is 0 Å². The molecule has 3 unspecified atom stereocenters. The summed E-state index contributed by atoms with van der Waals surface area (Å²) in [6.45, 7) is 6.18. The Kier molecular flexibility index (Phi) is 4.33. The Hall–Kier alpha value is -1.50. The van der Waals surface area contributed by atoms with Gasteiger partial charge in [-0.2, -0.15) is 0 Å². The highest BCUT2D eigenvalue weighted by atomic mass is 35.5. The minimum absolute atomic E-state index is 0.0473. The smallest absolute Gasteiger partial charge is 0.170 e. The number of allylic oxidation sites excluding steroid dienone is 1. The van der Waals surface area contributed by atoms with Crippen LogP contribution < -0.4 is 0 Å². The number of ether oxygens (including phenoxy) is 2. The molecule has 0 N–H and O–H groups in total. The fourth-order valence-electron chi connectivity index (χ4n) is 3.69. The van der Waals surface area contributed by atoms with Crippen molar-refractivity contribution in [2.24, 2.45) is 4.99 Å². The Labute approximate surface area is 161 Å². The van der Waals surface area contributed by atoms with E-state index >= 15 is 0 Å². The van der Waals surface area contributed by atoms with Gasteiger partial charge in [-0.25, -0.2) is 4.98 Å². The standard InChI is InChI=1S/C19H21ClN2O3S/c1-9(2)18-21-8-13(26-18)10-7-11(23)17-16(22-10)14-15(20)12(24-4)5-6-19(14,3)25-17/h5,8-10,17H,6-7H2,1-4H3. The number of halogens is 1. The van der Waals surface area contributed by atoms with E-state index in [1.807, 2.05) is 19.2 Å². The number of hydrogen-bond acceptors (Lipinski definition) is 6. The van der Waals surface area contributed by atoms with E-state index in [2.05, 4.69) is 18.8 Å². The third kappa shape index (κ3) is 2.66. The largest absolute Gasteiger partial charge is 0.496 e. The van der Waals surface area contributed by atoms with Crippen molar-refractivity contribution in [3.8, 4) is 0 Å². The lowest BCUT2D eigenvalue weighted by molar-refractivity contribution is -0.131. The Morgan fingerprint density at radius 3 is 2.88 bits per heavy atom. The first kappa shape index (κ1) is 17.9. The quantitative estimate of drug-likeness (QED) is 0.769. The topological polar surface area (TPSA) is 60.8 Å². The van der Waals surface area contributed by atoms with Crippen LogP contribution >= 0.6 is 22.9 Å². The Morgan fingerprint density at radius 1 is 1.46 bits per heavy atom. The van der Waals surface area contributed by atoms with Crippen LogP contribution in [0.1, 0.15) is 55.5 Å². The summed E-state index contributed by atoms with van der Waals surface area (Å²) in [7, 11) is 1.59. The number of rotatable bonds is 3. The van der Waals surface area contributed by atoms with Crippen LogP contribution in [0.15, 0.2) is 33.6 Å². The van der Waals surface area contributed by atoms with E-state index in [-0.39, 0.29) is 11.8 Å². The summed E-state index contributed by atoms with van der Waals surface area (Å²) in [5.74, 6) is 1.02. The predicted octanol–water partition coefficient (Wildman–Crippen LogP) is 4.31. The van der Waals surface area contributed by atoms with Gasteiger partial charge in [0, 0.05) is 35.4 Å². The predicted molar refractivity (Wildman–Crippen MR) is 102 cm³/mol. The van der Waals surface area contributed by atoms with Gasteiger partial charge in [0.25, 0.3) is 0 Å². The average Bonchev–Trinajstić information content (AvgIpc) is 3.18. The molecule has 0 radical (unpaired) electrons. The molecule has 0 saturated carbocycles. The number of thiazole rings is 1. The van der Waals surface area contributed by atoms with Crippen molar-refractivity contribution in [2.45, 2.75) is 57.3 Å². The van der Waals surface area contributed by atoms with Gasteiger partial charge in [0.2, 0.25) is 0 Å². The lowest BCUT2D eigenvalue weighted by Gasteiger charge is -2.28. The van der Waals surface area contributed by atoms with Gasteiger partial charge in [-0.3, -0.25) is 9.79 Å². The lowest BCUT2D eigenvalue weighted by Crippen LogP contribution is -2.33. The van der Waals surface area contributed by atoms with Gasteiger partial charge in [0.15, 0.2) is 11.9 Å². The van der Waals surface area contributed by atoms with Crippen molar-refractivity contribution < 1.29 is 14.3 Å². The normalized spacial score (nSPS) is 30.9. The zero-order valence-corrected chi connectivity index (χ0v) is 16.8. The Balaban J connectivity index is 1.78. The maximum atomic E-state index is 12.8. The van der Waals surface area contributed by atoms with Crippen LogP contribution in [0.25, 0.3) is 0 Å². The van der Waals surface area contributed by atoms with E-state index in [1.165, 1.54) is 0 Å². The molecule has 7 heteroatoms. The van der Waals surface area contributed by atoms with Gasteiger partial charge in [0.05, 0.1) is 34.5 Å². The second-order valence-corrected chi connectivity index (χ2v) is 8.82. The molecule has 1 aromatic rings. The molecule has 2 aliphatic heterocycles. The minimum Gasteiger partial charge on any atom is -0.496 e. The molecule has 1 fully saturated rings. The number of fused-ring (bicyclic) bond motifs is 3. The lowest BCUT2D eigenvalue weighted by atomic mass is 9.84. The molecular weight excluding hydrogens is 372 g/mol. The van der Waals surface area contributed by atoms with Crippen LogP contribution in [-0.2, 0) is 14.3 Å². The number of Topliss-reactive ketones (excluding diaryl/α,β-unsaturated/α-hetero) is 1. The molecule has 0 spiro atoms. The van der Waals surface area contributed by atoms with Gasteiger partial charge >= 0.3 is 0 Å². The van der Waals surface area contributed by atoms with Crippen LogP contribution in [0, 0.1) is 0 Å². The number of carbonyl (C=O) groups is 1. The van der Waals surface area contributed by atoms with Crippen LogP contribution in [-0.4, -0.2) is 35.3 Å². The number of carbonyl (C=O) groups excluding carboxylic acids is 1. The second kappa shape index (κ2) is 6.29. The summed E-state index contributed by atoms with van der Waals surface area (Å²) in [5.41, 5.74) is 0.806. The number of hydrogen-bond donors (Lipinski definition) is 0. The molecule has 1 saturated heterocycles. The number of aromatic nitrogens is 1. The fraction of sp³-hybridized carbons (Fsp3) is 0.526. The first-order valence-corrected chi connectivity index (χ1v) is 9.92. The van der Waals surface area contributed by atoms with Gasteiger partial charge in [-0.05, 0) is 13.0 Å². The molecule has 0 bridgehead atoms. The van der Waals surface area contributed by atoms with Crippen molar-refractivity contribution >= 4 is 34.4 Å². The molecule has 1 aromatic heterocycles. The second-order valence-electron chi connectivity index (χ2n) is 7.35. The molecule has 1 aliphatic carbocycles. The molecule has 0 aromatic carbocycles. The van der Waals surface area contributed by atoms with Crippen molar-refractivity contribution in [3.63, 3.8) is 0 Å². The third-order valence-electron chi connectivity index (χ3n) is 5.09. The first-order chi connectivity index (χ1) is 12.3. The summed E-state index contributed by atoms with van der Waals surface area (Å²) >= 11 is 8.21. The van der Waals surface area contributed by atoms with Crippen LogP contribution in [0.5, 0.6) is 0 Å². The SMILES string of the molecule is COC1=CCC2(C)OC3C(=O)CC(c4cnc(C(C)C)s4)N=C3C2=C1Cl. The number of aliphatic imine (C=N–C) groups is 1. The zero-order valence-electron chi connectivity index (χ0n) is 15.2. The third-order valence-corrected chi connectivity index (χ3v) is 6.86. The van der Waals surface area contributed by atoms with Gasteiger partial charge in [-0.15, -0.1) is 11.3 Å². The molecule has 3 atom stereocenters. The van der Waals surface area contributed by atoms with E-state index in [0.29, 0.717) is 35.3 Å². The highest BCUT2D eigenvalue weighted by Crippen LogP contribution is 2.48. The molecule has 3 heterocycles. The van der Waals surface area contributed by atoms with Crippen LogP contribution in [0.3, 0.4) is 0 Å². The molecule has 0 amide bonds. The monoisotopic (exact) mass is 392 g/mol. The summed E-state index contributed by atoms with van der Waals surface area (Å²) in [5, 5.41) is 1.55. The molecule has 3 aliphatic rings. The van der Waals surface area contributed by atoms with Crippen LogP contribution in [0.4, 0.5) is 0 Å². The maximum Gasteiger partial charge on any atom is 0.170 e. The Morgan fingerprint density at radius 2 is 2.23 bits per heavy atom. The Bertz CT molecular complexity index is 870. The average molecular weight is 393 g/mol. The first-order valence-electron chi connectivity index (χ1n) is 8.73. The van der Waals surface area contributed by atoms with Gasteiger partial charge in [-0.1, -0.05) is 25.4 Å². The van der Waals surface area contributed by atoms with Crippen molar-refractivity contribution in [3.05, 3.63) is 38.5 Å². The van der Waals surface area contributed by atoms with E-state index in [0.717, 1.165) is 15.5 Å². The van der Waals surface area contributed by atoms with Gasteiger partial charge < -0.3 is 9.47 Å². The van der Waals surface area contributed by atoms with Crippen molar-refractivity contribution in [2.75, 3.05) is 7.11 Å². The fourth-order valence-corrected chi connectivity index (χ4v) is 5.10. The summed E-state index contributed by atoms with van der Waals surface area (Å²) in [4.78, 5) is 23.2. The highest BCUT2D eigenvalue weighted by molar-refractivity contribution is 7.11. The highest BCUT2D eigenvalue weighted by Gasteiger charge is 2.53. The van der Waals surface area contributed by atoms with E-state index in [4.69, 9.17) is 26.1 Å². The number of methoxy groups -OCH3 is 1. The zero-order chi connectivity index (χ0) is 18.6. The summed E-state index contributed by atoms with van der Waals surface area (Å²) < 4.78 is 11.5. The molecule has 26 heavy (non-hydrogen) atoms. The molecule has 138 valence electrons. The maximum absolute atomic E-state index is 12.8. The molecular formula is C19H21ClN2O3S. The summed E-state index contributed by atoms with van der Waals surface area (Å²) in [6, 6.07) is -0.224. The minimum atomic E-state index is -0.637. The van der Waals surface area contributed by atoms with E-state index in [1.54, 1.807) is 18.4 Å². The molecule has 4 rings (SSSR count). The van der Waals surface area contributed by atoms with E-state index < -0.39 is 11.7 Å². The number of nitrogens with zero attached hydrogens (tertiary/aromatic N) is 2. The van der Waals surface area contributed by atoms with Gasteiger partial charge in [0.1, 0.15) is 5.76 Å². The van der Waals surface area contributed by atoms with Crippen molar-refractivity contribution in [1.29, 1.82) is 0 Å². The number of ketones is 1. The summed E-state index contributed by atoms with van der Waals surface area (Å²) in [6.07, 6.45) is 4.05.